The second kappa shape index (κ2) is 7.58. The number of halogens is 3. The number of rotatable bonds is 6. The third-order valence-electron chi connectivity index (χ3n) is 5.88. The number of carbonyl (C=O) groups is 1. The smallest absolute Gasteiger partial charge is 0.418 e. The average molecular weight is 399 g/mol. The van der Waals surface area contributed by atoms with Gasteiger partial charge in [0.15, 0.2) is 0 Å². The maximum absolute atomic E-state index is 13.9. The van der Waals surface area contributed by atoms with Crippen LogP contribution in [0.4, 0.5) is 18.9 Å². The Kier molecular flexibility index (Phi) is 5.67. The Morgan fingerprint density at radius 1 is 1.32 bits per heavy atom. The molecule has 4 nitrogen and oxygen atoms in total. The summed E-state index contributed by atoms with van der Waals surface area (Å²) < 4.78 is 47.2. The molecule has 0 bridgehead atoms. The van der Waals surface area contributed by atoms with Crippen molar-refractivity contribution in [2.45, 2.75) is 77.1 Å². The van der Waals surface area contributed by atoms with Gasteiger partial charge in [0.1, 0.15) is 5.75 Å². The van der Waals surface area contributed by atoms with E-state index in [9.17, 15) is 23.1 Å². The number of alkyl halides is 3. The molecule has 156 valence electrons. The first-order valence-electron chi connectivity index (χ1n) is 9.93. The predicted octanol–water partition coefficient (Wildman–Crippen LogP) is 4.71. The molecule has 0 radical (unpaired) electrons. The van der Waals surface area contributed by atoms with Gasteiger partial charge in [-0.05, 0) is 56.2 Å². The molecule has 1 atom stereocenters. The van der Waals surface area contributed by atoms with Crippen LogP contribution in [0.2, 0.25) is 0 Å². The van der Waals surface area contributed by atoms with Gasteiger partial charge in [-0.25, -0.2) is 0 Å². The van der Waals surface area contributed by atoms with Crippen molar-refractivity contribution in [2.24, 2.45) is 5.92 Å². The van der Waals surface area contributed by atoms with Crippen LogP contribution in [0, 0.1) is 5.92 Å². The van der Waals surface area contributed by atoms with E-state index < -0.39 is 23.4 Å². The van der Waals surface area contributed by atoms with Crippen LogP contribution in [0.3, 0.4) is 0 Å². The highest BCUT2D eigenvalue weighted by atomic mass is 19.4. The van der Waals surface area contributed by atoms with E-state index in [-0.39, 0.29) is 43.0 Å². The van der Waals surface area contributed by atoms with Crippen LogP contribution in [0.15, 0.2) is 12.1 Å². The van der Waals surface area contributed by atoms with Gasteiger partial charge in [-0.3, -0.25) is 4.79 Å². The summed E-state index contributed by atoms with van der Waals surface area (Å²) in [6, 6.07) is 2.25. The van der Waals surface area contributed by atoms with Crippen LogP contribution < -0.4 is 9.64 Å². The lowest BCUT2D eigenvalue weighted by molar-refractivity contribution is -0.137. The number of hydrogen-bond acceptors (Lipinski definition) is 3. The summed E-state index contributed by atoms with van der Waals surface area (Å²) in [6.07, 6.45) is -1.84. The molecule has 1 amide bonds. The monoisotopic (exact) mass is 399 g/mol. The number of aryl methyl sites for hydroxylation is 1. The molecule has 1 aromatic carbocycles. The second-order valence-corrected chi connectivity index (χ2v) is 8.45. The number of fused-ring (bicyclic) bond motifs is 1. The number of amides is 1. The lowest BCUT2D eigenvalue weighted by Gasteiger charge is -2.48. The first-order valence-corrected chi connectivity index (χ1v) is 9.93. The van der Waals surface area contributed by atoms with E-state index in [0.717, 1.165) is 18.9 Å². The van der Waals surface area contributed by atoms with Gasteiger partial charge in [0.05, 0.1) is 23.5 Å². The van der Waals surface area contributed by atoms with Crippen molar-refractivity contribution in [3.05, 3.63) is 23.3 Å². The summed E-state index contributed by atoms with van der Waals surface area (Å²) in [7, 11) is 0. The minimum absolute atomic E-state index is 0.0569. The maximum Gasteiger partial charge on any atom is 0.418 e. The fraction of sp³-hybridized carbons (Fsp3) is 0.667. The van der Waals surface area contributed by atoms with E-state index in [1.165, 1.54) is 4.90 Å². The van der Waals surface area contributed by atoms with Gasteiger partial charge in [-0.15, -0.1) is 0 Å². The number of aliphatic hydroxyl groups is 1. The van der Waals surface area contributed by atoms with Gasteiger partial charge in [-0.1, -0.05) is 20.3 Å². The lowest BCUT2D eigenvalue weighted by atomic mass is 9.75. The van der Waals surface area contributed by atoms with E-state index in [2.05, 4.69) is 13.8 Å². The van der Waals surface area contributed by atoms with E-state index in [1.54, 1.807) is 13.0 Å². The number of anilines is 1. The molecule has 0 saturated heterocycles. The standard InChI is InChI=1S/C21H28F3NO3/c1-4-13(2)7-8-28-16-9-14-5-6-18(26)25(15-11-20(3,27)12-15)19(14)17(10-16)21(22,23)24/h9-10,13,15,27H,4-8,11-12H2,1-3H3. The van der Waals surface area contributed by atoms with Gasteiger partial charge in [0.2, 0.25) is 5.91 Å². The molecule has 28 heavy (non-hydrogen) atoms. The number of nitrogens with zero attached hydrogens (tertiary/aromatic N) is 1. The Labute approximate surface area is 163 Å². The first-order chi connectivity index (χ1) is 13.0. The highest BCUT2D eigenvalue weighted by Crippen LogP contribution is 2.47. The molecule has 1 N–H and O–H groups in total. The number of carbonyl (C=O) groups excluding carboxylic acids is 1. The fourth-order valence-electron chi connectivity index (χ4n) is 4.03. The molecule has 0 aromatic heterocycles. The third-order valence-corrected chi connectivity index (χ3v) is 5.88. The molecule has 2 aliphatic rings. The Balaban J connectivity index is 1.93. The van der Waals surface area contributed by atoms with Crippen LogP contribution >= 0.6 is 0 Å². The molecule has 1 aliphatic heterocycles. The summed E-state index contributed by atoms with van der Waals surface area (Å²) in [4.78, 5) is 13.8. The molecule has 1 aromatic rings. The van der Waals surface area contributed by atoms with Crippen LogP contribution in [-0.4, -0.2) is 29.3 Å². The maximum atomic E-state index is 13.9. The Bertz CT molecular complexity index is 737. The Morgan fingerprint density at radius 3 is 2.57 bits per heavy atom. The van der Waals surface area contributed by atoms with Crippen molar-refractivity contribution in [1.82, 2.24) is 0 Å². The average Bonchev–Trinajstić information content (AvgIpc) is 2.58. The van der Waals surface area contributed by atoms with Crippen molar-refractivity contribution in [3.8, 4) is 5.75 Å². The van der Waals surface area contributed by atoms with Crippen molar-refractivity contribution in [2.75, 3.05) is 11.5 Å². The number of hydrogen-bond donors (Lipinski definition) is 1. The molecule has 3 rings (SSSR count). The first kappa shape index (κ1) is 21.0. The molecule has 1 aliphatic carbocycles. The lowest BCUT2D eigenvalue weighted by Crippen LogP contribution is -2.57. The van der Waals surface area contributed by atoms with Crippen molar-refractivity contribution in [3.63, 3.8) is 0 Å². The highest BCUT2D eigenvalue weighted by molar-refractivity contribution is 5.98. The van der Waals surface area contributed by atoms with Gasteiger partial charge < -0.3 is 14.7 Å². The molecular formula is C21H28F3NO3. The van der Waals surface area contributed by atoms with Crippen LogP contribution in [0.1, 0.15) is 64.0 Å². The minimum Gasteiger partial charge on any atom is -0.494 e. The zero-order chi connectivity index (χ0) is 20.7. The molecule has 1 fully saturated rings. The van der Waals surface area contributed by atoms with Crippen LogP contribution in [0.25, 0.3) is 0 Å². The minimum atomic E-state index is -4.59. The molecular weight excluding hydrogens is 371 g/mol. The number of ether oxygens (including phenoxy) is 1. The topological polar surface area (TPSA) is 49.8 Å². The van der Waals surface area contributed by atoms with E-state index in [4.69, 9.17) is 4.74 Å². The second-order valence-electron chi connectivity index (χ2n) is 8.45. The molecule has 7 heteroatoms. The summed E-state index contributed by atoms with van der Waals surface area (Å²) in [5, 5.41) is 10.0. The molecule has 1 heterocycles. The van der Waals surface area contributed by atoms with Gasteiger partial charge >= 0.3 is 6.18 Å². The van der Waals surface area contributed by atoms with Crippen molar-refractivity contribution in [1.29, 1.82) is 0 Å². The zero-order valence-corrected chi connectivity index (χ0v) is 16.6. The SMILES string of the molecule is CCC(C)CCOc1cc2c(c(C(F)(F)F)c1)N(C1CC(C)(O)C1)C(=O)CC2. The predicted molar refractivity (Wildman–Crippen MR) is 100 cm³/mol. The third kappa shape index (κ3) is 4.29. The van der Waals surface area contributed by atoms with Crippen molar-refractivity contribution < 1.29 is 27.8 Å². The normalized spacial score (nSPS) is 25.9. The highest BCUT2D eigenvalue weighted by Gasteiger charge is 2.48. The van der Waals surface area contributed by atoms with Gasteiger partial charge in [0.25, 0.3) is 0 Å². The summed E-state index contributed by atoms with van der Waals surface area (Å²) >= 11 is 0. The summed E-state index contributed by atoms with van der Waals surface area (Å²) in [5.74, 6) is 0.326. The largest absolute Gasteiger partial charge is 0.494 e. The van der Waals surface area contributed by atoms with E-state index in [1.807, 2.05) is 0 Å². The number of benzene rings is 1. The quantitative estimate of drug-likeness (QED) is 0.754. The zero-order valence-electron chi connectivity index (χ0n) is 16.6. The fourth-order valence-corrected chi connectivity index (χ4v) is 4.03. The summed E-state index contributed by atoms with van der Waals surface area (Å²) in [5.41, 5.74) is -1.33. The van der Waals surface area contributed by atoms with Gasteiger partial charge in [0, 0.05) is 12.5 Å². The van der Waals surface area contributed by atoms with Crippen molar-refractivity contribution >= 4 is 11.6 Å². The van der Waals surface area contributed by atoms with Crippen LogP contribution in [-0.2, 0) is 17.4 Å². The van der Waals surface area contributed by atoms with Crippen LogP contribution in [0.5, 0.6) is 5.75 Å². The van der Waals surface area contributed by atoms with E-state index >= 15 is 0 Å². The summed E-state index contributed by atoms with van der Waals surface area (Å²) in [6.45, 7) is 6.14. The molecule has 1 unspecified atom stereocenters. The van der Waals surface area contributed by atoms with Gasteiger partial charge in [-0.2, -0.15) is 13.2 Å². The Hall–Kier alpha value is -1.76. The molecule has 0 spiro atoms. The molecule has 1 saturated carbocycles. The Morgan fingerprint density at radius 2 is 2.00 bits per heavy atom. The van der Waals surface area contributed by atoms with E-state index in [0.29, 0.717) is 18.1 Å².